The molecule has 0 saturated carbocycles. The van der Waals surface area contributed by atoms with Gasteiger partial charge >= 0.3 is 0 Å². The Morgan fingerprint density at radius 3 is 2.74 bits per heavy atom. The molecule has 1 N–H and O–H groups in total. The number of nitrogens with one attached hydrogen (secondary N) is 1. The molecule has 0 atom stereocenters. The number of carbonyl (C=O) groups excluding carboxylic acids is 1. The van der Waals surface area contributed by atoms with Gasteiger partial charge in [-0.2, -0.15) is 10.1 Å². The fraction of sp³-hybridized carbons (Fsp3) is 0.0526. The van der Waals surface area contributed by atoms with Gasteiger partial charge in [-0.25, -0.2) is 9.67 Å². The molecule has 4 rings (SSSR count). The first-order chi connectivity index (χ1) is 13.2. The Labute approximate surface area is 154 Å². The van der Waals surface area contributed by atoms with Crippen LogP contribution in [0.4, 0.5) is 5.69 Å². The van der Waals surface area contributed by atoms with Gasteiger partial charge in [0, 0.05) is 24.1 Å². The van der Waals surface area contributed by atoms with Crippen molar-refractivity contribution in [2.45, 2.75) is 6.92 Å². The number of carbonyl (C=O) groups is 1. The molecule has 134 valence electrons. The first-order valence-electron chi connectivity index (χ1n) is 8.14. The molecule has 0 saturated heterocycles. The van der Waals surface area contributed by atoms with Crippen LogP contribution in [0.5, 0.6) is 11.6 Å². The molecule has 8 nitrogen and oxygen atoms in total. The average molecular weight is 361 g/mol. The average Bonchev–Trinajstić information content (AvgIpc) is 3.37. The molecule has 0 radical (unpaired) electrons. The molecule has 1 amide bonds. The number of furan rings is 1. The van der Waals surface area contributed by atoms with Gasteiger partial charge in [-0.05, 0) is 43.3 Å². The monoisotopic (exact) mass is 361 g/mol. The second-order valence-corrected chi connectivity index (χ2v) is 5.65. The van der Waals surface area contributed by atoms with Gasteiger partial charge in [0.05, 0.1) is 11.8 Å². The van der Waals surface area contributed by atoms with Gasteiger partial charge in [-0.3, -0.25) is 4.79 Å². The SMILES string of the molecule is Cc1nc(Oc2ccc(NC(=O)c3ccoc3)cc2)cc(-n2cccn2)n1. The van der Waals surface area contributed by atoms with Gasteiger partial charge in [0.2, 0.25) is 5.88 Å². The molecular formula is C19H15N5O3. The van der Waals surface area contributed by atoms with Gasteiger partial charge in [0.25, 0.3) is 5.91 Å². The summed E-state index contributed by atoms with van der Waals surface area (Å²) in [4.78, 5) is 20.6. The van der Waals surface area contributed by atoms with E-state index >= 15 is 0 Å². The van der Waals surface area contributed by atoms with Crippen LogP contribution in [0, 0.1) is 6.92 Å². The number of aromatic nitrogens is 4. The van der Waals surface area contributed by atoms with Crippen LogP contribution in [0.15, 0.2) is 71.8 Å². The third kappa shape index (κ3) is 3.84. The molecule has 0 spiro atoms. The van der Waals surface area contributed by atoms with Crippen molar-refractivity contribution in [3.05, 3.63) is 78.8 Å². The van der Waals surface area contributed by atoms with Crippen LogP contribution in [-0.2, 0) is 0 Å². The van der Waals surface area contributed by atoms with Crippen LogP contribution in [0.1, 0.15) is 16.2 Å². The summed E-state index contributed by atoms with van der Waals surface area (Å²) in [6, 6.07) is 12.1. The van der Waals surface area contributed by atoms with Crippen LogP contribution >= 0.6 is 0 Å². The Balaban J connectivity index is 1.48. The maximum absolute atomic E-state index is 12.0. The molecule has 0 bridgehead atoms. The summed E-state index contributed by atoms with van der Waals surface area (Å²) in [5.74, 6) is 1.94. The Morgan fingerprint density at radius 2 is 2.04 bits per heavy atom. The lowest BCUT2D eigenvalue weighted by Gasteiger charge is -2.09. The molecule has 0 aliphatic heterocycles. The first-order valence-corrected chi connectivity index (χ1v) is 8.14. The maximum Gasteiger partial charge on any atom is 0.258 e. The quantitative estimate of drug-likeness (QED) is 0.583. The number of aryl methyl sites for hydroxylation is 1. The maximum atomic E-state index is 12.0. The molecule has 3 heterocycles. The van der Waals surface area contributed by atoms with Crippen molar-refractivity contribution in [3.63, 3.8) is 0 Å². The van der Waals surface area contributed by atoms with E-state index in [0.717, 1.165) is 0 Å². The number of hydrogen-bond acceptors (Lipinski definition) is 6. The van der Waals surface area contributed by atoms with Crippen LogP contribution in [0.2, 0.25) is 0 Å². The summed E-state index contributed by atoms with van der Waals surface area (Å²) >= 11 is 0. The standard InChI is InChI=1S/C19H15N5O3/c1-13-21-17(24-9-2-8-20-24)11-18(22-13)27-16-5-3-15(4-6-16)23-19(25)14-7-10-26-12-14/h2-12H,1H3,(H,23,25). The number of nitrogens with zero attached hydrogens (tertiary/aromatic N) is 4. The van der Waals surface area contributed by atoms with Crippen molar-refractivity contribution in [2.75, 3.05) is 5.32 Å². The first kappa shape index (κ1) is 16.5. The summed E-state index contributed by atoms with van der Waals surface area (Å²) in [5.41, 5.74) is 1.10. The zero-order valence-electron chi connectivity index (χ0n) is 14.4. The Bertz CT molecular complexity index is 1040. The van der Waals surface area contributed by atoms with Crippen molar-refractivity contribution in [2.24, 2.45) is 0 Å². The second kappa shape index (κ2) is 7.12. The Hall–Kier alpha value is -3.94. The molecule has 0 unspecified atom stereocenters. The van der Waals surface area contributed by atoms with Crippen LogP contribution in [-0.4, -0.2) is 25.7 Å². The van der Waals surface area contributed by atoms with E-state index in [1.54, 1.807) is 60.4 Å². The second-order valence-electron chi connectivity index (χ2n) is 5.65. The van der Waals surface area contributed by atoms with Crippen LogP contribution in [0.3, 0.4) is 0 Å². The molecule has 1 aromatic carbocycles. The minimum absolute atomic E-state index is 0.243. The van der Waals surface area contributed by atoms with E-state index in [2.05, 4.69) is 20.4 Å². The van der Waals surface area contributed by atoms with E-state index in [1.165, 1.54) is 12.5 Å². The van der Waals surface area contributed by atoms with E-state index in [1.807, 2.05) is 6.07 Å². The van der Waals surface area contributed by atoms with Gasteiger partial charge in [0.15, 0.2) is 5.82 Å². The van der Waals surface area contributed by atoms with Crippen LogP contribution < -0.4 is 10.1 Å². The third-order valence-corrected chi connectivity index (χ3v) is 3.66. The molecule has 0 aliphatic rings. The topological polar surface area (TPSA) is 95.1 Å². The summed E-state index contributed by atoms with van der Waals surface area (Å²) < 4.78 is 12.4. The molecule has 0 aliphatic carbocycles. The molecule has 8 heteroatoms. The highest BCUT2D eigenvalue weighted by molar-refractivity contribution is 6.03. The van der Waals surface area contributed by atoms with Crippen molar-refractivity contribution in [3.8, 4) is 17.4 Å². The normalized spacial score (nSPS) is 10.6. The van der Waals surface area contributed by atoms with E-state index in [0.29, 0.717) is 34.5 Å². The number of ether oxygens (including phenoxy) is 1. The predicted octanol–water partition coefficient (Wildman–Crippen LogP) is 3.61. The summed E-state index contributed by atoms with van der Waals surface area (Å²) in [6.45, 7) is 1.79. The van der Waals surface area contributed by atoms with Gasteiger partial charge in [-0.15, -0.1) is 0 Å². The summed E-state index contributed by atoms with van der Waals surface area (Å²) in [5, 5.41) is 6.94. The largest absolute Gasteiger partial charge is 0.472 e. The lowest BCUT2D eigenvalue weighted by molar-refractivity contribution is 0.102. The fourth-order valence-corrected chi connectivity index (χ4v) is 2.42. The number of hydrogen-bond donors (Lipinski definition) is 1. The minimum Gasteiger partial charge on any atom is -0.472 e. The molecular weight excluding hydrogens is 346 g/mol. The highest BCUT2D eigenvalue weighted by Gasteiger charge is 2.09. The molecule has 3 aromatic heterocycles. The predicted molar refractivity (Wildman–Crippen MR) is 97.1 cm³/mol. The lowest BCUT2D eigenvalue weighted by Crippen LogP contribution is -2.10. The fourth-order valence-electron chi connectivity index (χ4n) is 2.42. The van der Waals surface area contributed by atoms with Gasteiger partial charge in [0.1, 0.15) is 17.8 Å². The zero-order valence-corrected chi connectivity index (χ0v) is 14.4. The highest BCUT2D eigenvalue weighted by atomic mass is 16.5. The van der Waals surface area contributed by atoms with Crippen molar-refractivity contribution >= 4 is 11.6 Å². The Morgan fingerprint density at radius 1 is 1.19 bits per heavy atom. The summed E-state index contributed by atoms with van der Waals surface area (Å²) in [6.07, 6.45) is 6.31. The van der Waals surface area contributed by atoms with Crippen molar-refractivity contribution in [1.29, 1.82) is 0 Å². The van der Waals surface area contributed by atoms with Crippen molar-refractivity contribution < 1.29 is 13.9 Å². The highest BCUT2D eigenvalue weighted by Crippen LogP contribution is 2.23. The third-order valence-electron chi connectivity index (χ3n) is 3.66. The smallest absolute Gasteiger partial charge is 0.258 e. The number of rotatable bonds is 5. The number of benzene rings is 1. The van der Waals surface area contributed by atoms with Crippen molar-refractivity contribution in [1.82, 2.24) is 19.7 Å². The van der Waals surface area contributed by atoms with E-state index in [4.69, 9.17) is 9.15 Å². The van der Waals surface area contributed by atoms with E-state index in [9.17, 15) is 4.79 Å². The number of anilines is 1. The van der Waals surface area contributed by atoms with E-state index in [-0.39, 0.29) is 5.91 Å². The minimum atomic E-state index is -0.243. The summed E-state index contributed by atoms with van der Waals surface area (Å²) in [7, 11) is 0. The Kier molecular flexibility index (Phi) is 4.36. The molecule has 4 aromatic rings. The van der Waals surface area contributed by atoms with E-state index < -0.39 is 0 Å². The zero-order chi connectivity index (χ0) is 18.6. The van der Waals surface area contributed by atoms with Crippen LogP contribution in [0.25, 0.3) is 5.82 Å². The molecule has 0 fully saturated rings. The van der Waals surface area contributed by atoms with Gasteiger partial charge < -0.3 is 14.5 Å². The molecule has 27 heavy (non-hydrogen) atoms. The lowest BCUT2D eigenvalue weighted by atomic mass is 10.2. The van der Waals surface area contributed by atoms with Gasteiger partial charge in [-0.1, -0.05) is 0 Å². The number of amides is 1.